The van der Waals surface area contributed by atoms with Crippen molar-refractivity contribution in [3.05, 3.63) is 193 Å². The van der Waals surface area contributed by atoms with Gasteiger partial charge < -0.3 is 9.13 Å². The van der Waals surface area contributed by atoms with E-state index in [1.54, 1.807) is 0 Å². The summed E-state index contributed by atoms with van der Waals surface area (Å²) >= 11 is 0. The zero-order valence-electron chi connectivity index (χ0n) is 31.4. The van der Waals surface area contributed by atoms with Crippen molar-refractivity contribution in [2.45, 2.75) is 18.8 Å². The van der Waals surface area contributed by atoms with Gasteiger partial charge in [0.2, 0.25) is 5.41 Å². The Balaban J connectivity index is 1.00. The largest absolute Gasteiger partial charge is 0.330 e. The molecule has 0 bridgehead atoms. The highest BCUT2D eigenvalue weighted by molar-refractivity contribution is 6.32. The van der Waals surface area contributed by atoms with Crippen LogP contribution in [0.5, 0.6) is 0 Å². The third-order valence-corrected chi connectivity index (χ3v) is 12.4. The van der Waals surface area contributed by atoms with E-state index in [2.05, 4.69) is 192 Å². The van der Waals surface area contributed by atoms with E-state index < -0.39 is 5.41 Å². The Kier molecular flexibility index (Phi) is 6.71. The Morgan fingerprint density at radius 1 is 0.456 bits per heavy atom. The van der Waals surface area contributed by atoms with Crippen molar-refractivity contribution in [3.8, 4) is 33.6 Å². The highest BCUT2D eigenvalue weighted by atomic mass is 15.0. The molecule has 0 radical (unpaired) electrons. The van der Waals surface area contributed by atoms with Crippen LogP contribution in [0.15, 0.2) is 176 Å². The smallest absolute Gasteiger partial charge is 0.309 e. The van der Waals surface area contributed by atoms with E-state index in [0.29, 0.717) is 0 Å². The van der Waals surface area contributed by atoms with Gasteiger partial charge in [-0.1, -0.05) is 113 Å². The van der Waals surface area contributed by atoms with Gasteiger partial charge in [0.05, 0.1) is 22.1 Å². The maximum absolute atomic E-state index is 5.00. The molecule has 2 aromatic heterocycles. The summed E-state index contributed by atoms with van der Waals surface area (Å²) in [4.78, 5) is 0. The Hall–Kier alpha value is -7.48. The molecule has 1 aliphatic carbocycles. The first-order chi connectivity index (χ1) is 28.2. The van der Waals surface area contributed by atoms with Crippen molar-refractivity contribution in [3.63, 3.8) is 0 Å². The molecule has 266 valence electrons. The van der Waals surface area contributed by atoms with E-state index in [-0.39, 0.29) is 0 Å². The van der Waals surface area contributed by atoms with Crippen LogP contribution < -0.4 is 9.34 Å². The SMILES string of the molecule is CCc1ccc2c(c1)C(C1=[N+]=CC=C1)(C1=[N+]=CC=C1)c1cc3c4ccccc4n(-c4ccc(-c5ccc(-n6c7ccccc7c7ccccc76)cc5)cc4)c3cc1-2. The van der Waals surface area contributed by atoms with Gasteiger partial charge in [0, 0.05) is 57.2 Å². The Labute approximate surface area is 329 Å². The fraction of sp³-hybridized carbons (Fsp3) is 0.0566. The number of benzene rings is 7. The topological polar surface area (TPSA) is 38.1 Å². The Morgan fingerprint density at radius 2 is 0.947 bits per heavy atom. The summed E-state index contributed by atoms with van der Waals surface area (Å²) in [5, 5.41) is 5.00. The predicted octanol–water partition coefficient (Wildman–Crippen LogP) is 10.7. The molecular formula is C53H36N4+2. The minimum Gasteiger partial charge on any atom is -0.309 e. The summed E-state index contributed by atoms with van der Waals surface area (Å²) in [5.74, 6) is 0. The molecule has 12 rings (SSSR count). The lowest BCUT2D eigenvalue weighted by atomic mass is 9.69. The quantitative estimate of drug-likeness (QED) is 0.153. The first-order valence-electron chi connectivity index (χ1n) is 19.8. The maximum Gasteiger partial charge on any atom is 0.330 e. The minimum absolute atomic E-state index is 0.612. The number of rotatable bonds is 6. The Morgan fingerprint density at radius 3 is 1.46 bits per heavy atom. The van der Waals surface area contributed by atoms with Gasteiger partial charge in [0.25, 0.3) is 12.4 Å². The summed E-state index contributed by atoms with van der Waals surface area (Å²) in [6.07, 6.45) is 13.2. The zero-order valence-corrected chi connectivity index (χ0v) is 31.4. The Bertz CT molecular complexity index is 3300. The molecule has 4 nitrogen and oxygen atoms in total. The van der Waals surface area contributed by atoms with E-state index in [4.69, 9.17) is 9.34 Å². The van der Waals surface area contributed by atoms with Crippen LogP contribution in [0, 0.1) is 0 Å². The number of aromatic nitrogens is 2. The number of para-hydroxylation sites is 3. The molecule has 4 heteroatoms. The van der Waals surface area contributed by atoms with Gasteiger partial charge in [-0.05, 0) is 100.0 Å². The average Bonchev–Trinajstić information content (AvgIpc) is 4.13. The molecule has 9 aromatic rings. The van der Waals surface area contributed by atoms with Gasteiger partial charge in [0.1, 0.15) is 0 Å². The normalized spacial score (nSPS) is 14.7. The van der Waals surface area contributed by atoms with Gasteiger partial charge in [-0.2, -0.15) is 0 Å². The van der Waals surface area contributed by atoms with Crippen molar-refractivity contribution in [2.75, 3.05) is 0 Å². The first kappa shape index (κ1) is 31.8. The molecule has 0 unspecified atom stereocenters. The van der Waals surface area contributed by atoms with Gasteiger partial charge in [0.15, 0.2) is 0 Å². The molecule has 0 fully saturated rings. The molecule has 4 heterocycles. The monoisotopic (exact) mass is 728 g/mol. The second-order valence-corrected chi connectivity index (χ2v) is 15.3. The van der Waals surface area contributed by atoms with Crippen LogP contribution >= 0.6 is 0 Å². The lowest BCUT2D eigenvalue weighted by Crippen LogP contribution is -2.43. The highest BCUT2D eigenvalue weighted by Gasteiger charge is 2.61. The molecule has 7 aromatic carbocycles. The van der Waals surface area contributed by atoms with E-state index in [1.807, 2.05) is 12.4 Å². The fourth-order valence-corrected chi connectivity index (χ4v) is 9.86. The molecule has 2 aliphatic heterocycles. The van der Waals surface area contributed by atoms with E-state index in [9.17, 15) is 0 Å². The third kappa shape index (κ3) is 4.40. The molecule has 0 saturated carbocycles. The number of allylic oxidation sites excluding steroid dienone is 4. The van der Waals surface area contributed by atoms with Gasteiger partial charge in [-0.25, -0.2) is 0 Å². The summed E-state index contributed by atoms with van der Waals surface area (Å²) in [7, 11) is 0. The van der Waals surface area contributed by atoms with E-state index in [0.717, 1.165) is 29.2 Å². The second-order valence-electron chi connectivity index (χ2n) is 15.3. The lowest BCUT2D eigenvalue weighted by Gasteiger charge is -2.20. The number of fused-ring (bicyclic) bond motifs is 9. The molecule has 0 saturated heterocycles. The molecule has 0 spiro atoms. The fourth-order valence-electron chi connectivity index (χ4n) is 9.86. The van der Waals surface area contributed by atoms with Crippen LogP contribution in [-0.4, -0.2) is 33.0 Å². The molecular weight excluding hydrogens is 693 g/mol. The summed E-state index contributed by atoms with van der Waals surface area (Å²) in [6.45, 7) is 2.23. The number of hydrogen-bond donors (Lipinski definition) is 0. The zero-order chi connectivity index (χ0) is 37.7. The average molecular weight is 729 g/mol. The number of aryl methyl sites for hydroxylation is 1. The van der Waals surface area contributed by atoms with Gasteiger partial charge in [-0.15, -0.1) is 0 Å². The minimum atomic E-state index is -0.612. The van der Waals surface area contributed by atoms with Gasteiger partial charge in [-0.3, -0.25) is 0 Å². The van der Waals surface area contributed by atoms with E-state index >= 15 is 0 Å². The molecule has 0 amide bonds. The van der Waals surface area contributed by atoms with Crippen molar-refractivity contribution in [1.82, 2.24) is 18.5 Å². The van der Waals surface area contributed by atoms with Crippen LogP contribution in [0.4, 0.5) is 0 Å². The van der Waals surface area contributed by atoms with Crippen LogP contribution in [0.1, 0.15) is 23.6 Å². The lowest BCUT2D eigenvalue weighted by molar-refractivity contribution is 0.956. The van der Waals surface area contributed by atoms with Crippen LogP contribution in [0.3, 0.4) is 0 Å². The second kappa shape index (κ2) is 12.0. The molecule has 0 atom stereocenters. The highest BCUT2D eigenvalue weighted by Crippen LogP contribution is 2.53. The standard InChI is InChI=1S/C53H36N4/c1-2-34-19-28-39-43-33-50-44(32-46(43)53(45(39)31-34,51-17-9-29-54-51)52-18-10-30-55-52)42-13-5-8-16-49(42)57(50)38-26-22-36(23-27-38)35-20-24-37(25-21-35)56-47-14-6-3-11-40(47)41-12-4-7-15-48(41)56/h3-33H,2H2,1H3/q+2. The predicted molar refractivity (Wildman–Crippen MR) is 241 cm³/mol. The van der Waals surface area contributed by atoms with Crippen LogP contribution in [0.2, 0.25) is 0 Å². The summed E-state index contributed by atoms with van der Waals surface area (Å²) in [5.41, 5.74) is 17.2. The summed E-state index contributed by atoms with van der Waals surface area (Å²) < 4.78 is 14.8. The van der Waals surface area contributed by atoms with Crippen LogP contribution in [-0.2, 0) is 11.8 Å². The third-order valence-electron chi connectivity index (χ3n) is 12.4. The number of hydrogen-bond acceptors (Lipinski definition) is 0. The van der Waals surface area contributed by atoms with Crippen molar-refractivity contribution < 1.29 is 0 Å². The van der Waals surface area contributed by atoms with Gasteiger partial charge >= 0.3 is 11.4 Å². The molecule has 57 heavy (non-hydrogen) atoms. The van der Waals surface area contributed by atoms with Crippen molar-refractivity contribution in [1.29, 1.82) is 0 Å². The molecule has 3 aliphatic rings. The van der Waals surface area contributed by atoms with E-state index in [1.165, 1.54) is 82.6 Å². The number of nitrogens with zero attached hydrogens (tertiary/aromatic N) is 4. The van der Waals surface area contributed by atoms with Crippen LogP contribution in [0.25, 0.3) is 77.2 Å². The summed E-state index contributed by atoms with van der Waals surface area (Å²) in [6, 6.07) is 56.0. The maximum atomic E-state index is 5.00. The first-order valence-corrected chi connectivity index (χ1v) is 19.8. The van der Waals surface area contributed by atoms with Crippen molar-refractivity contribution >= 4 is 67.5 Å². The molecule has 0 N–H and O–H groups in total. The van der Waals surface area contributed by atoms with Crippen molar-refractivity contribution in [2.24, 2.45) is 0 Å².